The van der Waals surface area contributed by atoms with Crippen molar-refractivity contribution in [2.24, 2.45) is 0 Å². The molecule has 7 heteroatoms. The summed E-state index contributed by atoms with van der Waals surface area (Å²) in [7, 11) is 1.14. The van der Waals surface area contributed by atoms with Crippen LogP contribution in [0.5, 0.6) is 11.5 Å². The predicted molar refractivity (Wildman–Crippen MR) is 58.5 cm³/mol. The maximum atomic E-state index is 13.1. The molecule has 0 bridgehead atoms. The zero-order chi connectivity index (χ0) is 13.8. The highest BCUT2D eigenvalue weighted by Gasteiger charge is 2.46. The summed E-state index contributed by atoms with van der Waals surface area (Å²) in [6.07, 6.45) is -3.81. The van der Waals surface area contributed by atoms with E-state index in [1.165, 1.54) is 6.07 Å². The van der Waals surface area contributed by atoms with Gasteiger partial charge in [-0.3, -0.25) is 0 Å². The van der Waals surface area contributed by atoms with E-state index in [-0.39, 0.29) is 22.6 Å². The molecular formula is C12H8F2O5. The lowest BCUT2D eigenvalue weighted by Crippen LogP contribution is -2.26. The Labute approximate surface area is 105 Å². The van der Waals surface area contributed by atoms with Crippen molar-refractivity contribution >= 4 is 16.9 Å². The number of esters is 1. The quantitative estimate of drug-likeness (QED) is 0.746. The minimum Gasteiger partial charge on any atom is -0.465 e. The van der Waals surface area contributed by atoms with Gasteiger partial charge in [0, 0.05) is 5.39 Å². The van der Waals surface area contributed by atoms with Crippen LogP contribution in [0, 0.1) is 6.92 Å². The van der Waals surface area contributed by atoms with Crippen LogP contribution in [0.4, 0.5) is 8.78 Å². The van der Waals surface area contributed by atoms with Gasteiger partial charge in [-0.05, 0) is 19.1 Å². The number of benzene rings is 1. The van der Waals surface area contributed by atoms with E-state index >= 15 is 0 Å². The van der Waals surface area contributed by atoms with Gasteiger partial charge in [-0.25, -0.2) is 4.79 Å². The number of hydrogen-bond donors (Lipinski definition) is 0. The zero-order valence-corrected chi connectivity index (χ0v) is 9.95. The number of ether oxygens (including phenoxy) is 3. The highest BCUT2D eigenvalue weighted by atomic mass is 19.3. The molecule has 0 unspecified atom stereocenters. The molecule has 0 aliphatic carbocycles. The SMILES string of the molecule is COC(=O)c1c2c(cc3cc(C)oc13)OC(F)(F)O2. The van der Waals surface area contributed by atoms with Gasteiger partial charge in [0.2, 0.25) is 0 Å². The molecule has 2 heterocycles. The monoisotopic (exact) mass is 270 g/mol. The lowest BCUT2D eigenvalue weighted by molar-refractivity contribution is -0.286. The first-order valence-corrected chi connectivity index (χ1v) is 5.32. The molecule has 1 aromatic carbocycles. The fourth-order valence-electron chi connectivity index (χ4n) is 2.00. The molecule has 0 N–H and O–H groups in total. The van der Waals surface area contributed by atoms with E-state index in [0.29, 0.717) is 11.1 Å². The fourth-order valence-corrected chi connectivity index (χ4v) is 2.00. The van der Waals surface area contributed by atoms with E-state index in [2.05, 4.69) is 14.2 Å². The van der Waals surface area contributed by atoms with Gasteiger partial charge < -0.3 is 18.6 Å². The van der Waals surface area contributed by atoms with Crippen molar-refractivity contribution in [2.45, 2.75) is 13.2 Å². The summed E-state index contributed by atoms with van der Waals surface area (Å²) in [5.74, 6) is -0.912. The van der Waals surface area contributed by atoms with Crippen LogP contribution >= 0.6 is 0 Å². The van der Waals surface area contributed by atoms with Crippen LogP contribution in [-0.4, -0.2) is 19.4 Å². The molecule has 3 rings (SSSR count). The Kier molecular flexibility index (Phi) is 2.23. The summed E-state index contributed by atoms with van der Waals surface area (Å²) in [6, 6.07) is 2.93. The third-order valence-corrected chi connectivity index (χ3v) is 2.69. The standard InChI is InChI=1S/C12H8F2O5/c1-5-3-6-4-7-10(19-12(13,14)18-7)8(9(6)17-5)11(15)16-2/h3-4H,1-2H3. The molecule has 19 heavy (non-hydrogen) atoms. The Morgan fingerprint density at radius 3 is 2.74 bits per heavy atom. The minimum absolute atomic E-state index is 0.129. The van der Waals surface area contributed by atoms with Crippen molar-refractivity contribution < 1.29 is 32.2 Å². The van der Waals surface area contributed by atoms with Gasteiger partial charge in [0.1, 0.15) is 11.3 Å². The predicted octanol–water partition coefficient (Wildman–Crippen LogP) is 2.85. The fraction of sp³-hybridized carbons (Fsp3) is 0.250. The van der Waals surface area contributed by atoms with Crippen molar-refractivity contribution in [3.05, 3.63) is 23.5 Å². The molecule has 0 saturated heterocycles. The van der Waals surface area contributed by atoms with Crippen LogP contribution in [0.3, 0.4) is 0 Å². The van der Waals surface area contributed by atoms with Crippen molar-refractivity contribution in [3.63, 3.8) is 0 Å². The molecule has 1 aliphatic heterocycles. The number of methoxy groups -OCH3 is 1. The van der Waals surface area contributed by atoms with E-state index in [0.717, 1.165) is 7.11 Å². The number of furan rings is 1. The average Bonchev–Trinajstić information content (AvgIpc) is 2.81. The van der Waals surface area contributed by atoms with Crippen molar-refractivity contribution in [2.75, 3.05) is 7.11 Å². The summed E-state index contributed by atoms with van der Waals surface area (Å²) >= 11 is 0. The molecule has 0 fully saturated rings. The summed E-state index contributed by atoms with van der Waals surface area (Å²) in [6.45, 7) is 1.67. The summed E-state index contributed by atoms with van der Waals surface area (Å²) in [5, 5.41) is 0.456. The van der Waals surface area contributed by atoms with E-state index in [1.54, 1.807) is 13.0 Å². The lowest BCUT2D eigenvalue weighted by Gasteiger charge is -2.06. The first kappa shape index (κ1) is 11.8. The van der Waals surface area contributed by atoms with E-state index in [9.17, 15) is 13.6 Å². The van der Waals surface area contributed by atoms with Crippen LogP contribution < -0.4 is 9.47 Å². The number of fused-ring (bicyclic) bond motifs is 2. The Bertz CT molecular complexity index is 689. The second kappa shape index (κ2) is 3.59. The Balaban J connectivity index is 2.33. The molecule has 0 radical (unpaired) electrons. The zero-order valence-electron chi connectivity index (χ0n) is 9.95. The molecule has 100 valence electrons. The number of aryl methyl sites for hydroxylation is 1. The van der Waals surface area contributed by atoms with Crippen molar-refractivity contribution in [1.82, 2.24) is 0 Å². The summed E-state index contributed by atoms with van der Waals surface area (Å²) < 4.78 is 44.8. The topological polar surface area (TPSA) is 57.9 Å². The maximum Gasteiger partial charge on any atom is 0.586 e. The highest BCUT2D eigenvalue weighted by molar-refractivity contribution is 6.06. The summed E-state index contributed by atoms with van der Waals surface area (Å²) in [4.78, 5) is 11.7. The normalized spacial score (nSPS) is 15.8. The number of carbonyl (C=O) groups is 1. The minimum atomic E-state index is -3.81. The van der Waals surface area contributed by atoms with E-state index in [4.69, 9.17) is 4.42 Å². The lowest BCUT2D eigenvalue weighted by atomic mass is 10.1. The second-order valence-corrected chi connectivity index (χ2v) is 4.01. The Hall–Kier alpha value is -2.31. The smallest absolute Gasteiger partial charge is 0.465 e. The van der Waals surface area contributed by atoms with Gasteiger partial charge in [0.15, 0.2) is 17.1 Å². The second-order valence-electron chi connectivity index (χ2n) is 4.01. The maximum absolute atomic E-state index is 13.1. The van der Waals surface area contributed by atoms with Gasteiger partial charge in [-0.15, -0.1) is 8.78 Å². The molecule has 0 saturated carbocycles. The molecule has 0 amide bonds. The largest absolute Gasteiger partial charge is 0.586 e. The third kappa shape index (κ3) is 1.69. The Morgan fingerprint density at radius 1 is 1.32 bits per heavy atom. The molecule has 0 spiro atoms. The number of alkyl halides is 2. The van der Waals surface area contributed by atoms with Gasteiger partial charge in [-0.2, -0.15) is 0 Å². The number of rotatable bonds is 1. The average molecular weight is 270 g/mol. The molecule has 1 aromatic heterocycles. The number of carbonyl (C=O) groups excluding carboxylic acids is 1. The number of hydrogen-bond acceptors (Lipinski definition) is 5. The molecule has 0 atom stereocenters. The molecule has 2 aromatic rings. The van der Waals surface area contributed by atoms with Crippen molar-refractivity contribution in [3.8, 4) is 11.5 Å². The first-order valence-electron chi connectivity index (χ1n) is 5.32. The molecular weight excluding hydrogens is 262 g/mol. The Morgan fingerprint density at radius 2 is 2.05 bits per heavy atom. The molecule has 1 aliphatic rings. The van der Waals surface area contributed by atoms with Crippen LogP contribution in [0.2, 0.25) is 0 Å². The van der Waals surface area contributed by atoms with Crippen LogP contribution in [-0.2, 0) is 4.74 Å². The highest BCUT2D eigenvalue weighted by Crippen LogP contribution is 2.47. The van der Waals surface area contributed by atoms with Gasteiger partial charge in [0.25, 0.3) is 0 Å². The van der Waals surface area contributed by atoms with E-state index < -0.39 is 12.3 Å². The van der Waals surface area contributed by atoms with Crippen LogP contribution in [0.1, 0.15) is 16.1 Å². The van der Waals surface area contributed by atoms with Gasteiger partial charge >= 0.3 is 12.3 Å². The third-order valence-electron chi connectivity index (χ3n) is 2.69. The van der Waals surface area contributed by atoms with Crippen molar-refractivity contribution in [1.29, 1.82) is 0 Å². The van der Waals surface area contributed by atoms with Gasteiger partial charge in [0.05, 0.1) is 7.11 Å². The molecule has 5 nitrogen and oxygen atoms in total. The summed E-state index contributed by atoms with van der Waals surface area (Å²) in [5.41, 5.74) is -0.0790. The first-order chi connectivity index (χ1) is 8.91. The number of halogens is 2. The van der Waals surface area contributed by atoms with E-state index in [1.807, 2.05) is 0 Å². The van der Waals surface area contributed by atoms with Crippen LogP contribution in [0.15, 0.2) is 16.5 Å². The van der Waals surface area contributed by atoms with Gasteiger partial charge in [-0.1, -0.05) is 0 Å². The van der Waals surface area contributed by atoms with Crippen LogP contribution in [0.25, 0.3) is 11.0 Å².